The summed E-state index contributed by atoms with van der Waals surface area (Å²) >= 11 is 0. The molecule has 35 heavy (non-hydrogen) atoms. The molecule has 7 nitrogen and oxygen atoms in total. The van der Waals surface area contributed by atoms with Crippen LogP contribution in [0.4, 0.5) is 11.4 Å². The number of amides is 2. The fraction of sp³-hybridized carbons (Fsp3) is 0.333. The molecule has 3 aromatic carbocycles. The summed E-state index contributed by atoms with van der Waals surface area (Å²) in [7, 11) is -3.64. The highest BCUT2D eigenvalue weighted by Gasteiger charge is 2.35. The van der Waals surface area contributed by atoms with Crippen LogP contribution in [0.5, 0.6) is 0 Å². The number of rotatable bonds is 7. The number of sulfonamides is 1. The third-order valence-electron chi connectivity index (χ3n) is 6.83. The first-order valence-corrected chi connectivity index (χ1v) is 13.6. The number of benzene rings is 3. The van der Waals surface area contributed by atoms with Crippen molar-refractivity contribution >= 4 is 44.0 Å². The molecule has 5 rings (SSSR count). The normalized spacial score (nSPS) is 16.9. The molecular formula is C27H29N3O4S. The number of nitrogens with one attached hydrogen (secondary N) is 2. The zero-order valence-electron chi connectivity index (χ0n) is 19.5. The highest BCUT2D eigenvalue weighted by Crippen LogP contribution is 2.42. The maximum Gasteiger partial charge on any atom is 0.265 e. The Hall–Kier alpha value is -3.39. The number of hydrogen-bond donors (Lipinski definition) is 2. The molecule has 2 aliphatic rings. The summed E-state index contributed by atoms with van der Waals surface area (Å²) in [6.45, 7) is 0.202. The molecule has 0 bridgehead atoms. The Balaban J connectivity index is 1.22. The van der Waals surface area contributed by atoms with Crippen molar-refractivity contribution in [1.82, 2.24) is 5.32 Å². The van der Waals surface area contributed by atoms with E-state index >= 15 is 0 Å². The first-order valence-electron chi connectivity index (χ1n) is 12.2. The molecular weight excluding hydrogens is 462 g/mol. The van der Waals surface area contributed by atoms with E-state index in [1.54, 1.807) is 42.5 Å². The number of hydrogen-bond acceptors (Lipinski definition) is 4. The minimum Gasteiger partial charge on any atom is -0.349 e. The Morgan fingerprint density at radius 3 is 2.46 bits per heavy atom. The van der Waals surface area contributed by atoms with Crippen LogP contribution in [-0.2, 0) is 14.8 Å². The maximum absolute atomic E-state index is 13.1. The van der Waals surface area contributed by atoms with Crippen molar-refractivity contribution < 1.29 is 18.0 Å². The first-order chi connectivity index (χ1) is 16.9. The van der Waals surface area contributed by atoms with Crippen LogP contribution in [0.25, 0.3) is 10.8 Å². The van der Waals surface area contributed by atoms with Crippen LogP contribution in [-0.4, -0.2) is 32.8 Å². The van der Waals surface area contributed by atoms with Gasteiger partial charge in [0.1, 0.15) is 0 Å². The topological polar surface area (TPSA) is 95.6 Å². The molecule has 1 fully saturated rings. The highest BCUT2D eigenvalue weighted by molar-refractivity contribution is 7.93. The van der Waals surface area contributed by atoms with Gasteiger partial charge in [-0.1, -0.05) is 55.7 Å². The molecule has 8 heteroatoms. The van der Waals surface area contributed by atoms with Crippen LogP contribution in [0.1, 0.15) is 55.3 Å². The van der Waals surface area contributed by atoms with Gasteiger partial charge in [-0.2, -0.15) is 0 Å². The fourth-order valence-electron chi connectivity index (χ4n) is 5.10. The number of anilines is 2. The minimum absolute atomic E-state index is 0.136. The van der Waals surface area contributed by atoms with Gasteiger partial charge in [0.15, 0.2) is 0 Å². The quantitative estimate of drug-likeness (QED) is 0.495. The summed E-state index contributed by atoms with van der Waals surface area (Å²) in [6.07, 6.45) is 5.90. The van der Waals surface area contributed by atoms with Crippen LogP contribution in [0, 0.1) is 0 Å². The van der Waals surface area contributed by atoms with Gasteiger partial charge in [-0.3, -0.25) is 13.9 Å². The summed E-state index contributed by atoms with van der Waals surface area (Å²) in [5.74, 6) is -0.433. The summed E-state index contributed by atoms with van der Waals surface area (Å²) in [5.41, 5.74) is 1.57. The fourth-order valence-corrected chi connectivity index (χ4v) is 6.84. The Kier molecular flexibility index (Phi) is 6.47. The van der Waals surface area contributed by atoms with E-state index in [1.807, 2.05) is 18.2 Å². The average molecular weight is 492 g/mol. The zero-order valence-corrected chi connectivity index (χ0v) is 20.3. The standard InChI is InChI=1S/C27H29N3O4S/c31-25(29-22-14-5-4-13-21(22)27(32)28-20-11-2-1-3-12-20)17-8-18-30-23-15-6-9-19-10-7-16-24(26(19)23)35(30,33)34/h4-7,9-10,13-16,20H,1-3,8,11-12,17-18H2,(H,28,32)(H,29,31). The predicted octanol–water partition coefficient (Wildman–Crippen LogP) is 4.83. The van der Waals surface area contributed by atoms with Crippen molar-refractivity contribution in [3.63, 3.8) is 0 Å². The second-order valence-corrected chi connectivity index (χ2v) is 11.0. The molecule has 1 saturated carbocycles. The van der Waals surface area contributed by atoms with E-state index < -0.39 is 10.0 Å². The molecule has 3 aromatic rings. The Bertz CT molecular complexity index is 1370. The lowest BCUT2D eigenvalue weighted by Crippen LogP contribution is -2.36. The molecule has 0 aromatic heterocycles. The largest absolute Gasteiger partial charge is 0.349 e. The van der Waals surface area contributed by atoms with Gasteiger partial charge in [0.05, 0.1) is 21.8 Å². The number of para-hydroxylation sites is 1. The lowest BCUT2D eigenvalue weighted by Gasteiger charge is -2.23. The summed E-state index contributed by atoms with van der Waals surface area (Å²) in [4.78, 5) is 25.9. The van der Waals surface area contributed by atoms with Crippen LogP contribution in [0.15, 0.2) is 65.6 Å². The molecule has 0 spiro atoms. The van der Waals surface area contributed by atoms with Gasteiger partial charge in [-0.05, 0) is 48.9 Å². The van der Waals surface area contributed by atoms with Crippen molar-refractivity contribution in [3.8, 4) is 0 Å². The van der Waals surface area contributed by atoms with Gasteiger partial charge in [0, 0.05) is 24.4 Å². The predicted molar refractivity (Wildman–Crippen MR) is 137 cm³/mol. The first kappa shape index (κ1) is 23.4. The van der Waals surface area contributed by atoms with E-state index in [4.69, 9.17) is 0 Å². The molecule has 2 amide bonds. The zero-order chi connectivity index (χ0) is 24.4. The second-order valence-electron chi connectivity index (χ2n) is 9.21. The van der Waals surface area contributed by atoms with E-state index in [1.165, 1.54) is 10.7 Å². The van der Waals surface area contributed by atoms with Crippen LogP contribution >= 0.6 is 0 Å². The molecule has 1 aliphatic carbocycles. The molecule has 1 heterocycles. The molecule has 0 radical (unpaired) electrons. The Labute approximate surface area is 205 Å². The van der Waals surface area contributed by atoms with Crippen molar-refractivity contribution in [2.45, 2.75) is 55.9 Å². The van der Waals surface area contributed by atoms with Crippen molar-refractivity contribution in [1.29, 1.82) is 0 Å². The third kappa shape index (κ3) is 4.62. The molecule has 2 N–H and O–H groups in total. The van der Waals surface area contributed by atoms with E-state index in [-0.39, 0.29) is 30.8 Å². The van der Waals surface area contributed by atoms with Gasteiger partial charge < -0.3 is 10.6 Å². The van der Waals surface area contributed by atoms with Gasteiger partial charge >= 0.3 is 0 Å². The SMILES string of the molecule is O=C(CCCN1c2cccc3cccc(c23)S1(=O)=O)Nc1ccccc1C(=O)NC1CCCCC1. The number of carbonyl (C=O) groups excluding carboxylic acids is 2. The number of carbonyl (C=O) groups is 2. The highest BCUT2D eigenvalue weighted by atomic mass is 32.2. The lowest BCUT2D eigenvalue weighted by molar-refractivity contribution is -0.116. The van der Waals surface area contributed by atoms with Crippen molar-refractivity contribution in [3.05, 3.63) is 66.2 Å². The van der Waals surface area contributed by atoms with Crippen LogP contribution in [0.3, 0.4) is 0 Å². The molecule has 0 unspecified atom stereocenters. The smallest absolute Gasteiger partial charge is 0.265 e. The van der Waals surface area contributed by atoms with E-state index in [0.29, 0.717) is 28.3 Å². The van der Waals surface area contributed by atoms with E-state index in [9.17, 15) is 18.0 Å². The van der Waals surface area contributed by atoms with Gasteiger partial charge in [-0.15, -0.1) is 0 Å². The maximum atomic E-state index is 13.1. The molecule has 1 aliphatic heterocycles. The van der Waals surface area contributed by atoms with Crippen molar-refractivity contribution in [2.24, 2.45) is 0 Å². The summed E-state index contributed by atoms with van der Waals surface area (Å²) < 4.78 is 27.6. The van der Waals surface area contributed by atoms with Crippen LogP contribution < -0.4 is 14.9 Å². The van der Waals surface area contributed by atoms with Gasteiger partial charge in [0.25, 0.3) is 15.9 Å². The Morgan fingerprint density at radius 1 is 0.914 bits per heavy atom. The van der Waals surface area contributed by atoms with Crippen LogP contribution in [0.2, 0.25) is 0 Å². The summed E-state index contributed by atoms with van der Waals surface area (Å²) in [6, 6.07) is 18.0. The van der Waals surface area contributed by atoms with E-state index in [2.05, 4.69) is 10.6 Å². The second kappa shape index (κ2) is 9.70. The van der Waals surface area contributed by atoms with Gasteiger partial charge in [-0.25, -0.2) is 8.42 Å². The average Bonchev–Trinajstić information content (AvgIpc) is 3.08. The van der Waals surface area contributed by atoms with Crippen molar-refractivity contribution in [2.75, 3.05) is 16.2 Å². The van der Waals surface area contributed by atoms with E-state index in [0.717, 1.165) is 36.5 Å². The molecule has 0 atom stereocenters. The Morgan fingerprint density at radius 2 is 1.66 bits per heavy atom. The molecule has 182 valence electrons. The minimum atomic E-state index is -3.64. The lowest BCUT2D eigenvalue weighted by atomic mass is 9.95. The monoisotopic (exact) mass is 491 g/mol. The summed E-state index contributed by atoms with van der Waals surface area (Å²) in [5, 5.41) is 7.55. The third-order valence-corrected chi connectivity index (χ3v) is 8.69. The number of nitrogens with zero attached hydrogens (tertiary/aromatic N) is 1. The van der Waals surface area contributed by atoms with Gasteiger partial charge in [0.2, 0.25) is 5.91 Å². The molecule has 0 saturated heterocycles.